The number of nitrogens with one attached hydrogen (secondary N) is 2. The zero-order valence-electron chi connectivity index (χ0n) is 21.1. The summed E-state index contributed by atoms with van der Waals surface area (Å²) in [6.07, 6.45) is 5.35. The molecule has 0 aliphatic carbocycles. The van der Waals surface area contributed by atoms with E-state index in [0.29, 0.717) is 36.0 Å². The third-order valence-electron chi connectivity index (χ3n) is 5.80. The molecule has 4 rings (SSSR count). The quantitative estimate of drug-likeness (QED) is 0.184. The maximum atomic E-state index is 12.7. The zero-order valence-corrected chi connectivity index (χ0v) is 23.5. The normalized spacial score (nSPS) is 15.9. The maximum Gasteiger partial charge on any atom is 0.260 e. The molecule has 1 atom stereocenters. The lowest BCUT2D eigenvalue weighted by Crippen LogP contribution is -2.30. The first-order valence-corrected chi connectivity index (χ1v) is 14.0. The fourth-order valence-corrected chi connectivity index (χ4v) is 5.19. The predicted molar refractivity (Wildman–Crippen MR) is 157 cm³/mol. The number of carbonyl (C=O) groups is 1. The molecule has 192 valence electrons. The Kier molecular flexibility index (Phi) is 9.36. The monoisotopic (exact) mass is 578 g/mol. The van der Waals surface area contributed by atoms with Crippen LogP contribution in [-0.4, -0.2) is 18.0 Å². The molecule has 1 aliphatic heterocycles. The summed E-state index contributed by atoms with van der Waals surface area (Å²) in [6, 6.07) is 20.3. The molecule has 1 amide bonds. The molecule has 3 aromatic rings. The molecular formula is C30H31BrN2O3S. The van der Waals surface area contributed by atoms with E-state index in [0.717, 1.165) is 33.3 Å². The van der Waals surface area contributed by atoms with Crippen LogP contribution in [0.2, 0.25) is 0 Å². The summed E-state index contributed by atoms with van der Waals surface area (Å²) in [4.78, 5) is 13.4. The van der Waals surface area contributed by atoms with Crippen LogP contribution >= 0.6 is 27.7 Å². The number of aryl methyl sites for hydroxylation is 1. The smallest absolute Gasteiger partial charge is 0.260 e. The number of benzene rings is 3. The van der Waals surface area contributed by atoms with Crippen molar-refractivity contribution in [2.45, 2.75) is 38.8 Å². The summed E-state index contributed by atoms with van der Waals surface area (Å²) >= 11 is 4.93. The van der Waals surface area contributed by atoms with Crippen molar-refractivity contribution in [2.75, 3.05) is 11.9 Å². The van der Waals surface area contributed by atoms with E-state index in [1.165, 1.54) is 17.3 Å². The molecule has 1 saturated heterocycles. The van der Waals surface area contributed by atoms with Crippen LogP contribution in [-0.2, 0) is 24.2 Å². The zero-order chi connectivity index (χ0) is 26.2. The lowest BCUT2D eigenvalue weighted by atomic mass is 10.0. The summed E-state index contributed by atoms with van der Waals surface area (Å²) in [5.74, 6) is 1.25. The van der Waals surface area contributed by atoms with Gasteiger partial charge >= 0.3 is 0 Å². The van der Waals surface area contributed by atoms with Gasteiger partial charge in [0.25, 0.3) is 5.91 Å². The first-order chi connectivity index (χ1) is 18.0. The first-order valence-electron chi connectivity index (χ1n) is 12.3. The lowest BCUT2D eigenvalue weighted by molar-refractivity contribution is -0.116. The van der Waals surface area contributed by atoms with Crippen molar-refractivity contribution in [2.24, 2.45) is 0 Å². The number of ether oxygens (including phenoxy) is 2. The van der Waals surface area contributed by atoms with Gasteiger partial charge in [-0.1, -0.05) is 65.0 Å². The minimum atomic E-state index is -0.237. The van der Waals surface area contributed by atoms with Gasteiger partial charge < -0.3 is 20.1 Å². The van der Waals surface area contributed by atoms with E-state index in [1.54, 1.807) is 0 Å². The van der Waals surface area contributed by atoms with Crippen LogP contribution in [0.25, 0.3) is 6.08 Å². The van der Waals surface area contributed by atoms with Gasteiger partial charge in [0.2, 0.25) is 0 Å². The highest BCUT2D eigenvalue weighted by Crippen LogP contribution is 2.37. The standard InChI is InChI=1S/C30H31BrN2O3S/c1-4-7-23-16-22(17-26(35-6-3)28(23)36-19-21-8-12-24(31)13-9-21)18-27-29(34)33-30(37-27)32-25-14-10-20(5-2)11-15-25/h4,8-18,30,32H,1,5-7,19H2,2-3H3,(H,33,34)/b27-18-/t30-/m1/s1. The fraction of sp³-hybridized carbons (Fsp3) is 0.233. The van der Waals surface area contributed by atoms with Gasteiger partial charge in [0, 0.05) is 15.7 Å². The minimum Gasteiger partial charge on any atom is -0.490 e. The Bertz CT molecular complexity index is 1270. The lowest BCUT2D eigenvalue weighted by Gasteiger charge is -2.17. The molecule has 37 heavy (non-hydrogen) atoms. The number of halogens is 1. The molecule has 0 radical (unpaired) electrons. The third-order valence-corrected chi connectivity index (χ3v) is 7.36. The van der Waals surface area contributed by atoms with Gasteiger partial charge in [0.1, 0.15) is 6.61 Å². The molecule has 3 aromatic carbocycles. The number of hydrogen-bond acceptors (Lipinski definition) is 5. The van der Waals surface area contributed by atoms with Crippen LogP contribution in [0.3, 0.4) is 0 Å². The Morgan fingerprint density at radius 3 is 2.46 bits per heavy atom. The van der Waals surface area contributed by atoms with E-state index in [2.05, 4.69) is 52.2 Å². The Hall–Kier alpha value is -3.16. The molecule has 5 nitrogen and oxygen atoms in total. The summed E-state index contributed by atoms with van der Waals surface area (Å²) in [7, 11) is 0. The molecule has 1 aliphatic rings. The predicted octanol–water partition coefficient (Wildman–Crippen LogP) is 7.32. The van der Waals surface area contributed by atoms with Gasteiger partial charge in [-0.25, -0.2) is 0 Å². The van der Waals surface area contributed by atoms with E-state index in [-0.39, 0.29) is 11.4 Å². The number of anilines is 1. The van der Waals surface area contributed by atoms with Crippen LogP contribution in [0.5, 0.6) is 11.5 Å². The first kappa shape index (κ1) is 26.9. The van der Waals surface area contributed by atoms with E-state index in [4.69, 9.17) is 9.47 Å². The van der Waals surface area contributed by atoms with Crippen LogP contribution in [0, 0.1) is 0 Å². The number of rotatable bonds is 11. The number of allylic oxidation sites excluding steroid dienone is 1. The molecule has 0 unspecified atom stereocenters. The van der Waals surface area contributed by atoms with Gasteiger partial charge in [0.15, 0.2) is 17.0 Å². The summed E-state index contributed by atoms with van der Waals surface area (Å²) < 4.78 is 13.2. The molecule has 0 aromatic heterocycles. The third kappa shape index (κ3) is 7.21. The Morgan fingerprint density at radius 1 is 1.05 bits per heavy atom. The summed E-state index contributed by atoms with van der Waals surface area (Å²) in [5.41, 5.74) is 4.90. The van der Waals surface area contributed by atoms with Crippen molar-refractivity contribution in [3.63, 3.8) is 0 Å². The van der Waals surface area contributed by atoms with Crippen LogP contribution in [0.4, 0.5) is 5.69 Å². The number of hydrogen-bond donors (Lipinski definition) is 2. The van der Waals surface area contributed by atoms with Crippen molar-refractivity contribution >= 4 is 45.4 Å². The van der Waals surface area contributed by atoms with E-state index >= 15 is 0 Å². The second-order valence-corrected chi connectivity index (χ2v) is 10.6. The number of thioether (sulfide) groups is 1. The van der Waals surface area contributed by atoms with Gasteiger partial charge in [0.05, 0.1) is 11.5 Å². The van der Waals surface area contributed by atoms with Gasteiger partial charge in [-0.05, 0) is 78.9 Å². The minimum absolute atomic E-state index is 0.105. The molecular weight excluding hydrogens is 548 g/mol. The fourth-order valence-electron chi connectivity index (χ4n) is 3.94. The Labute approximate surface area is 231 Å². The SMILES string of the molecule is C=CCc1cc(/C=C2\S[C@H](Nc3ccc(CC)cc3)NC2=O)cc(OCC)c1OCc1ccc(Br)cc1. The van der Waals surface area contributed by atoms with Crippen molar-refractivity contribution in [1.29, 1.82) is 0 Å². The maximum absolute atomic E-state index is 12.7. The van der Waals surface area contributed by atoms with E-state index in [9.17, 15) is 4.79 Å². The van der Waals surface area contributed by atoms with E-state index in [1.807, 2.05) is 67.6 Å². The molecule has 0 saturated carbocycles. The van der Waals surface area contributed by atoms with Crippen molar-refractivity contribution < 1.29 is 14.3 Å². The summed E-state index contributed by atoms with van der Waals surface area (Å²) in [6.45, 7) is 8.91. The molecule has 0 bridgehead atoms. The average molecular weight is 580 g/mol. The highest BCUT2D eigenvalue weighted by atomic mass is 79.9. The van der Waals surface area contributed by atoms with E-state index < -0.39 is 0 Å². The molecule has 1 heterocycles. The second kappa shape index (κ2) is 12.9. The van der Waals surface area contributed by atoms with Gasteiger partial charge in [-0.3, -0.25) is 4.79 Å². The molecule has 7 heteroatoms. The van der Waals surface area contributed by atoms with Crippen LogP contribution in [0.1, 0.15) is 36.1 Å². The number of amides is 1. The van der Waals surface area contributed by atoms with Gasteiger partial charge in [-0.2, -0.15) is 0 Å². The Morgan fingerprint density at radius 2 is 1.78 bits per heavy atom. The topological polar surface area (TPSA) is 59.6 Å². The van der Waals surface area contributed by atoms with Crippen molar-refractivity contribution in [3.05, 3.63) is 105 Å². The average Bonchev–Trinajstić information content (AvgIpc) is 3.23. The molecule has 2 N–H and O–H groups in total. The number of carbonyl (C=O) groups excluding carboxylic acids is 1. The summed E-state index contributed by atoms with van der Waals surface area (Å²) in [5, 5.41) is 6.38. The largest absolute Gasteiger partial charge is 0.490 e. The Balaban J connectivity index is 1.55. The molecule has 0 spiro atoms. The van der Waals surface area contributed by atoms with Crippen molar-refractivity contribution in [1.82, 2.24) is 5.32 Å². The second-order valence-electron chi connectivity index (χ2n) is 8.52. The molecule has 1 fully saturated rings. The van der Waals surface area contributed by atoms with Gasteiger partial charge in [-0.15, -0.1) is 6.58 Å². The highest BCUT2D eigenvalue weighted by molar-refractivity contribution is 9.10. The highest BCUT2D eigenvalue weighted by Gasteiger charge is 2.27. The van der Waals surface area contributed by atoms with Crippen LogP contribution in [0.15, 0.2) is 82.7 Å². The van der Waals surface area contributed by atoms with Crippen LogP contribution < -0.4 is 20.1 Å². The van der Waals surface area contributed by atoms with Crippen molar-refractivity contribution in [3.8, 4) is 11.5 Å².